The first-order valence-electron chi connectivity index (χ1n) is 7.05. The number of nitrogens with one attached hydrogen (secondary N) is 1. The van der Waals surface area contributed by atoms with Gasteiger partial charge in [0.2, 0.25) is 0 Å². The van der Waals surface area contributed by atoms with Crippen LogP contribution in [-0.4, -0.2) is 40.9 Å². The van der Waals surface area contributed by atoms with Gasteiger partial charge in [0.05, 0.1) is 4.92 Å². The topological polar surface area (TPSA) is 75.5 Å². The zero-order chi connectivity index (χ0) is 15.0. The number of rotatable bonds is 2. The summed E-state index contributed by atoms with van der Waals surface area (Å²) in [5.74, 6) is -0.277. The molecule has 3 rings (SSSR count). The van der Waals surface area contributed by atoms with Crippen molar-refractivity contribution in [2.75, 3.05) is 13.1 Å². The zero-order valence-corrected chi connectivity index (χ0v) is 13.4. The predicted molar refractivity (Wildman–Crippen MR) is 85.8 cm³/mol. The number of benzene rings is 1. The second kappa shape index (κ2) is 6.81. The van der Waals surface area contributed by atoms with Crippen LogP contribution < -0.4 is 5.32 Å². The highest BCUT2D eigenvalue weighted by atomic mass is 35.5. The molecule has 1 amide bonds. The van der Waals surface area contributed by atoms with Crippen LogP contribution in [0.25, 0.3) is 0 Å². The normalized spacial score (nSPS) is 23.6. The Balaban J connectivity index is 0.00000176. The van der Waals surface area contributed by atoms with Gasteiger partial charge in [-0.05, 0) is 37.9 Å². The van der Waals surface area contributed by atoms with Crippen molar-refractivity contribution in [3.05, 3.63) is 38.9 Å². The van der Waals surface area contributed by atoms with Gasteiger partial charge in [0, 0.05) is 29.7 Å². The second-order valence-corrected chi connectivity index (χ2v) is 5.95. The highest BCUT2D eigenvalue weighted by Gasteiger charge is 2.40. The van der Waals surface area contributed by atoms with E-state index in [9.17, 15) is 14.9 Å². The number of nitrogens with zero attached hydrogens (tertiary/aromatic N) is 2. The standard InChI is InChI=1S/C14H16ClN3O3.ClH/c15-9-1-4-13(18(20)21)12(7-9)14(19)17-10-2-3-11(17)8-16-6-5-10;/h1,4,7,10-11,16H,2-3,5-6,8H2;1H. The fourth-order valence-electron chi connectivity index (χ4n) is 3.29. The fraction of sp³-hybridized carbons (Fsp3) is 0.500. The molecule has 1 aromatic carbocycles. The maximum atomic E-state index is 12.8. The van der Waals surface area contributed by atoms with Crippen LogP contribution in [-0.2, 0) is 0 Å². The summed E-state index contributed by atoms with van der Waals surface area (Å²) >= 11 is 5.92. The van der Waals surface area contributed by atoms with Crippen molar-refractivity contribution in [1.29, 1.82) is 0 Å². The molecule has 2 unspecified atom stereocenters. The van der Waals surface area contributed by atoms with E-state index in [2.05, 4.69) is 5.32 Å². The SMILES string of the molecule is Cl.O=C(c1cc(Cl)ccc1[N+](=O)[O-])N1C2CCNCC1CC2. The number of halogens is 2. The average Bonchev–Trinajstić information content (AvgIpc) is 2.70. The molecule has 0 aromatic heterocycles. The van der Waals surface area contributed by atoms with E-state index in [1.54, 1.807) is 0 Å². The summed E-state index contributed by atoms with van der Waals surface area (Å²) in [6.45, 7) is 1.62. The molecule has 0 spiro atoms. The third kappa shape index (κ3) is 3.04. The van der Waals surface area contributed by atoms with Crippen molar-refractivity contribution in [2.24, 2.45) is 0 Å². The monoisotopic (exact) mass is 345 g/mol. The highest BCUT2D eigenvalue weighted by Crippen LogP contribution is 2.32. The molecule has 2 heterocycles. The molecule has 0 radical (unpaired) electrons. The average molecular weight is 346 g/mol. The molecule has 2 bridgehead atoms. The summed E-state index contributed by atoms with van der Waals surface area (Å²) in [6.07, 6.45) is 2.79. The lowest BCUT2D eigenvalue weighted by Gasteiger charge is -2.27. The number of nitro groups is 1. The smallest absolute Gasteiger partial charge is 0.282 e. The molecule has 1 N–H and O–H groups in total. The fourth-order valence-corrected chi connectivity index (χ4v) is 3.46. The summed E-state index contributed by atoms with van der Waals surface area (Å²) < 4.78 is 0. The Morgan fingerprint density at radius 2 is 2.05 bits per heavy atom. The van der Waals surface area contributed by atoms with Gasteiger partial charge in [0.25, 0.3) is 11.6 Å². The highest BCUT2D eigenvalue weighted by molar-refractivity contribution is 6.31. The minimum absolute atomic E-state index is 0. The lowest BCUT2D eigenvalue weighted by molar-refractivity contribution is -0.385. The number of hydrogen-bond acceptors (Lipinski definition) is 4. The van der Waals surface area contributed by atoms with Crippen LogP contribution in [0.4, 0.5) is 5.69 Å². The summed E-state index contributed by atoms with van der Waals surface area (Å²) in [4.78, 5) is 25.3. The van der Waals surface area contributed by atoms with E-state index in [4.69, 9.17) is 11.6 Å². The maximum Gasteiger partial charge on any atom is 0.282 e. The van der Waals surface area contributed by atoms with Gasteiger partial charge in [-0.2, -0.15) is 0 Å². The number of carbonyl (C=O) groups excluding carboxylic acids is 1. The Hall–Kier alpha value is -1.37. The van der Waals surface area contributed by atoms with Gasteiger partial charge in [-0.1, -0.05) is 11.6 Å². The van der Waals surface area contributed by atoms with Gasteiger partial charge >= 0.3 is 0 Å². The Bertz CT molecular complexity index is 583. The molecule has 22 heavy (non-hydrogen) atoms. The second-order valence-electron chi connectivity index (χ2n) is 5.51. The molecule has 2 saturated heterocycles. The molecule has 2 aliphatic heterocycles. The van der Waals surface area contributed by atoms with Crippen molar-refractivity contribution >= 4 is 35.6 Å². The summed E-state index contributed by atoms with van der Waals surface area (Å²) in [5, 5.41) is 14.8. The van der Waals surface area contributed by atoms with Gasteiger partial charge in [-0.3, -0.25) is 14.9 Å². The summed E-state index contributed by atoms with van der Waals surface area (Å²) in [5.41, 5.74) is -0.0905. The molecular formula is C14H17Cl2N3O3. The van der Waals surface area contributed by atoms with Crippen LogP contribution in [0.5, 0.6) is 0 Å². The molecule has 2 atom stereocenters. The van der Waals surface area contributed by atoms with E-state index < -0.39 is 4.92 Å². The van der Waals surface area contributed by atoms with Gasteiger partial charge in [0.1, 0.15) is 5.56 Å². The van der Waals surface area contributed by atoms with Gasteiger partial charge in [0.15, 0.2) is 0 Å². The first-order valence-corrected chi connectivity index (χ1v) is 7.43. The van der Waals surface area contributed by atoms with E-state index in [0.29, 0.717) is 5.02 Å². The maximum absolute atomic E-state index is 12.8. The van der Waals surface area contributed by atoms with Gasteiger partial charge in [-0.25, -0.2) is 0 Å². The number of hydrogen-bond donors (Lipinski definition) is 1. The number of carbonyl (C=O) groups is 1. The van der Waals surface area contributed by atoms with Crippen LogP contribution >= 0.6 is 24.0 Å². The first-order chi connectivity index (χ1) is 10.1. The van der Waals surface area contributed by atoms with Crippen molar-refractivity contribution < 1.29 is 9.72 Å². The molecule has 120 valence electrons. The Labute approximate surface area is 139 Å². The van der Waals surface area contributed by atoms with Crippen LogP contribution in [0.15, 0.2) is 18.2 Å². The van der Waals surface area contributed by atoms with Gasteiger partial charge in [-0.15, -0.1) is 12.4 Å². The van der Waals surface area contributed by atoms with Crippen LogP contribution in [0.2, 0.25) is 5.02 Å². The largest absolute Gasteiger partial charge is 0.331 e. The molecule has 2 fully saturated rings. The van der Waals surface area contributed by atoms with Crippen LogP contribution in [0.3, 0.4) is 0 Å². The Morgan fingerprint density at radius 1 is 1.32 bits per heavy atom. The molecule has 1 aromatic rings. The minimum Gasteiger partial charge on any atom is -0.331 e. The van der Waals surface area contributed by atoms with E-state index in [-0.39, 0.29) is 41.6 Å². The lowest BCUT2D eigenvalue weighted by Crippen LogP contribution is -2.42. The molecule has 0 aliphatic carbocycles. The van der Waals surface area contributed by atoms with E-state index in [1.165, 1.54) is 18.2 Å². The first kappa shape index (κ1) is 17.0. The van der Waals surface area contributed by atoms with Crippen LogP contribution in [0.1, 0.15) is 29.6 Å². The third-order valence-corrected chi connectivity index (χ3v) is 4.51. The Kier molecular flexibility index (Phi) is 5.26. The quantitative estimate of drug-likeness (QED) is 0.660. The number of nitro benzene ring substituents is 1. The van der Waals surface area contributed by atoms with E-state index in [1.807, 2.05) is 4.90 Å². The van der Waals surface area contributed by atoms with Crippen LogP contribution in [0, 0.1) is 10.1 Å². The van der Waals surface area contributed by atoms with Crippen molar-refractivity contribution in [3.63, 3.8) is 0 Å². The molecule has 0 saturated carbocycles. The lowest BCUT2D eigenvalue weighted by atomic mass is 10.1. The Morgan fingerprint density at radius 3 is 2.77 bits per heavy atom. The third-order valence-electron chi connectivity index (χ3n) is 4.27. The summed E-state index contributed by atoms with van der Waals surface area (Å²) in [7, 11) is 0. The number of fused-ring (bicyclic) bond motifs is 2. The number of amides is 1. The minimum atomic E-state index is -0.526. The van der Waals surface area contributed by atoms with Crippen molar-refractivity contribution in [2.45, 2.75) is 31.3 Å². The summed E-state index contributed by atoms with van der Waals surface area (Å²) in [6, 6.07) is 4.42. The molecule has 6 nitrogen and oxygen atoms in total. The zero-order valence-electron chi connectivity index (χ0n) is 11.8. The molecule has 8 heteroatoms. The van der Waals surface area contributed by atoms with Gasteiger partial charge < -0.3 is 10.2 Å². The molecule has 2 aliphatic rings. The van der Waals surface area contributed by atoms with Crippen molar-refractivity contribution in [1.82, 2.24) is 10.2 Å². The van der Waals surface area contributed by atoms with Crippen molar-refractivity contribution in [3.8, 4) is 0 Å². The van der Waals surface area contributed by atoms with E-state index >= 15 is 0 Å². The predicted octanol–water partition coefficient (Wildman–Crippen LogP) is 2.64. The van der Waals surface area contributed by atoms with E-state index in [0.717, 1.165) is 32.4 Å². The molecular weight excluding hydrogens is 329 g/mol.